The molecule has 9 nitrogen and oxygen atoms in total. The molecule has 2 rings (SSSR count). The predicted octanol–water partition coefficient (Wildman–Crippen LogP) is 0.607. The average molecular weight is 254 g/mol. The summed E-state index contributed by atoms with van der Waals surface area (Å²) in [6.45, 7) is 2.67. The molecule has 0 fully saturated rings. The zero-order valence-corrected chi connectivity index (χ0v) is 9.61. The summed E-state index contributed by atoms with van der Waals surface area (Å²) in [6, 6.07) is 0. The third-order valence-corrected chi connectivity index (χ3v) is 2.97. The van der Waals surface area contributed by atoms with Gasteiger partial charge in [-0.2, -0.15) is 5.48 Å². The standard InChI is InChI=1S/C9H10N4O5/c1-9(2,13(16)17)5-3-4-6-7(11-18-10-6)8(5)12(14)15/h3-5,11H,1-2H3. The van der Waals surface area contributed by atoms with E-state index in [0.717, 1.165) is 0 Å². The van der Waals surface area contributed by atoms with Crippen LogP contribution >= 0.6 is 0 Å². The van der Waals surface area contributed by atoms with Gasteiger partial charge in [0.15, 0.2) is 5.70 Å². The van der Waals surface area contributed by atoms with Crippen molar-refractivity contribution in [2.24, 2.45) is 11.1 Å². The van der Waals surface area contributed by atoms with E-state index in [1.165, 1.54) is 26.0 Å². The van der Waals surface area contributed by atoms with Crippen LogP contribution in [0.3, 0.4) is 0 Å². The fourth-order valence-corrected chi connectivity index (χ4v) is 1.84. The molecule has 1 unspecified atom stereocenters. The van der Waals surface area contributed by atoms with Crippen LogP contribution < -0.4 is 5.48 Å². The van der Waals surface area contributed by atoms with Gasteiger partial charge in [0.25, 0.3) is 5.70 Å². The Morgan fingerprint density at radius 3 is 2.67 bits per heavy atom. The summed E-state index contributed by atoms with van der Waals surface area (Å²) < 4.78 is 0. The van der Waals surface area contributed by atoms with Gasteiger partial charge in [0.1, 0.15) is 11.6 Å². The van der Waals surface area contributed by atoms with Crippen LogP contribution in [0.1, 0.15) is 13.8 Å². The van der Waals surface area contributed by atoms with Crippen molar-refractivity contribution in [3.8, 4) is 0 Å². The van der Waals surface area contributed by atoms with E-state index in [4.69, 9.17) is 0 Å². The first-order chi connectivity index (χ1) is 8.35. The summed E-state index contributed by atoms with van der Waals surface area (Å²) in [5, 5.41) is 25.7. The van der Waals surface area contributed by atoms with Gasteiger partial charge >= 0.3 is 0 Å². The smallest absolute Gasteiger partial charge is 0.270 e. The number of hydrogen-bond acceptors (Lipinski definition) is 7. The highest BCUT2D eigenvalue weighted by molar-refractivity contribution is 6.09. The Morgan fingerprint density at radius 1 is 1.44 bits per heavy atom. The predicted molar refractivity (Wildman–Crippen MR) is 59.4 cm³/mol. The SMILES string of the molecule is CC(C)(C1C=CC2=NONC2=C1[N+](=O)[O-])[N+](=O)[O-]. The van der Waals surface area contributed by atoms with Crippen LogP contribution in [-0.4, -0.2) is 21.1 Å². The lowest BCUT2D eigenvalue weighted by atomic mass is 9.81. The maximum absolute atomic E-state index is 11.1. The number of nitro groups is 2. The monoisotopic (exact) mass is 254 g/mol. The number of nitrogens with one attached hydrogen (secondary N) is 1. The van der Waals surface area contributed by atoms with Crippen molar-refractivity contribution < 1.29 is 14.8 Å². The van der Waals surface area contributed by atoms with Crippen molar-refractivity contribution in [1.29, 1.82) is 0 Å². The van der Waals surface area contributed by atoms with Gasteiger partial charge in [-0.15, -0.1) is 0 Å². The largest absolute Gasteiger partial charge is 0.288 e. The van der Waals surface area contributed by atoms with E-state index >= 15 is 0 Å². The molecule has 1 heterocycles. The molecule has 1 N–H and O–H groups in total. The summed E-state index contributed by atoms with van der Waals surface area (Å²) in [5.41, 5.74) is 0.816. The van der Waals surface area contributed by atoms with E-state index in [1.807, 2.05) is 0 Å². The molecule has 0 saturated carbocycles. The van der Waals surface area contributed by atoms with Gasteiger partial charge in [0.2, 0.25) is 5.54 Å². The van der Waals surface area contributed by atoms with Crippen LogP contribution in [0, 0.1) is 26.1 Å². The van der Waals surface area contributed by atoms with Gasteiger partial charge in [-0.1, -0.05) is 11.2 Å². The fraction of sp³-hybridized carbons (Fsp3) is 0.444. The number of nitrogens with zero attached hydrogens (tertiary/aromatic N) is 3. The molecule has 96 valence electrons. The van der Waals surface area contributed by atoms with Gasteiger partial charge in [-0.05, 0) is 6.08 Å². The topological polar surface area (TPSA) is 120 Å². The molecule has 18 heavy (non-hydrogen) atoms. The second kappa shape index (κ2) is 3.79. The minimum Gasteiger partial charge on any atom is -0.270 e. The molecule has 9 heteroatoms. The first-order valence-corrected chi connectivity index (χ1v) is 5.07. The van der Waals surface area contributed by atoms with E-state index in [-0.39, 0.29) is 17.1 Å². The number of hydrogen-bond donors (Lipinski definition) is 1. The second-order valence-corrected chi connectivity index (χ2v) is 4.43. The van der Waals surface area contributed by atoms with Gasteiger partial charge in [0.05, 0.1) is 4.92 Å². The minimum atomic E-state index is -1.50. The van der Waals surface area contributed by atoms with Crippen molar-refractivity contribution in [3.63, 3.8) is 0 Å². The van der Waals surface area contributed by atoms with Crippen LogP contribution in [0.2, 0.25) is 0 Å². The fourth-order valence-electron chi connectivity index (χ4n) is 1.84. The quantitative estimate of drug-likeness (QED) is 0.581. The normalized spacial score (nSPS) is 21.9. The summed E-state index contributed by atoms with van der Waals surface area (Å²) in [4.78, 5) is 25.5. The van der Waals surface area contributed by atoms with Gasteiger partial charge < -0.3 is 0 Å². The first-order valence-electron chi connectivity index (χ1n) is 5.07. The van der Waals surface area contributed by atoms with Gasteiger partial charge in [-0.3, -0.25) is 25.2 Å². The van der Waals surface area contributed by atoms with Crippen LogP contribution in [0.25, 0.3) is 0 Å². The van der Waals surface area contributed by atoms with Crippen molar-refractivity contribution in [2.45, 2.75) is 19.4 Å². The molecule has 0 aromatic rings. The Balaban J connectivity index is 2.53. The molecule has 2 aliphatic rings. The molecular formula is C9H10N4O5. The molecule has 0 aromatic heterocycles. The third kappa shape index (κ3) is 1.60. The van der Waals surface area contributed by atoms with Crippen LogP contribution in [0.15, 0.2) is 28.7 Å². The molecule has 0 spiro atoms. The molecule has 1 aliphatic carbocycles. The summed E-state index contributed by atoms with van der Waals surface area (Å²) >= 11 is 0. The molecule has 0 saturated heterocycles. The highest BCUT2D eigenvalue weighted by atomic mass is 16.8. The van der Waals surface area contributed by atoms with Crippen LogP contribution in [0.5, 0.6) is 0 Å². The van der Waals surface area contributed by atoms with Crippen molar-refractivity contribution >= 4 is 5.71 Å². The molecule has 0 radical (unpaired) electrons. The van der Waals surface area contributed by atoms with Gasteiger partial charge in [0, 0.05) is 18.8 Å². The highest BCUT2D eigenvalue weighted by Gasteiger charge is 2.50. The lowest BCUT2D eigenvalue weighted by Gasteiger charge is -2.24. The lowest BCUT2D eigenvalue weighted by molar-refractivity contribution is -0.574. The molecule has 0 aromatic carbocycles. The van der Waals surface area contributed by atoms with E-state index in [0.29, 0.717) is 0 Å². The molecule has 1 atom stereocenters. The van der Waals surface area contributed by atoms with Crippen molar-refractivity contribution in [1.82, 2.24) is 5.48 Å². The Bertz CT molecular complexity index is 519. The highest BCUT2D eigenvalue weighted by Crippen LogP contribution is 2.34. The minimum absolute atomic E-state index is 0.0717. The first kappa shape index (κ1) is 12.0. The van der Waals surface area contributed by atoms with Gasteiger partial charge in [-0.25, -0.2) is 0 Å². The number of hydroxylamine groups is 1. The summed E-state index contributed by atoms with van der Waals surface area (Å²) in [7, 11) is 0. The Hall–Kier alpha value is -2.45. The number of rotatable bonds is 3. The number of allylic oxidation sites excluding steroid dienone is 1. The van der Waals surface area contributed by atoms with Crippen LogP contribution in [0.4, 0.5) is 0 Å². The molecule has 0 amide bonds. The zero-order chi connectivity index (χ0) is 13.5. The molecule has 0 bridgehead atoms. The number of fused-ring (bicyclic) bond motifs is 1. The van der Waals surface area contributed by atoms with Crippen molar-refractivity contribution in [2.75, 3.05) is 0 Å². The van der Waals surface area contributed by atoms with E-state index in [2.05, 4.69) is 15.6 Å². The maximum Gasteiger partial charge on any atom is 0.288 e. The molecule has 1 aliphatic heterocycles. The second-order valence-electron chi connectivity index (χ2n) is 4.43. The van der Waals surface area contributed by atoms with Crippen molar-refractivity contribution in [3.05, 3.63) is 43.8 Å². The summed E-state index contributed by atoms with van der Waals surface area (Å²) in [6.07, 6.45) is 2.87. The summed E-state index contributed by atoms with van der Waals surface area (Å²) in [5.74, 6) is -0.967. The zero-order valence-electron chi connectivity index (χ0n) is 9.61. The number of oxime groups is 1. The third-order valence-electron chi connectivity index (χ3n) is 2.97. The Kier molecular flexibility index (Phi) is 2.53. The Labute approximate surface area is 101 Å². The lowest BCUT2D eigenvalue weighted by Crippen LogP contribution is -2.43. The van der Waals surface area contributed by atoms with E-state index < -0.39 is 21.3 Å². The van der Waals surface area contributed by atoms with E-state index in [1.54, 1.807) is 0 Å². The Morgan fingerprint density at radius 2 is 2.11 bits per heavy atom. The van der Waals surface area contributed by atoms with E-state index in [9.17, 15) is 20.2 Å². The average Bonchev–Trinajstić information content (AvgIpc) is 2.74. The maximum atomic E-state index is 11.1. The van der Waals surface area contributed by atoms with Crippen LogP contribution in [-0.2, 0) is 4.94 Å². The molecular weight excluding hydrogens is 244 g/mol.